The third-order valence-electron chi connectivity index (χ3n) is 4.57. The number of nitrogens with zero attached hydrogens (tertiary/aromatic N) is 3. The fourth-order valence-corrected chi connectivity index (χ4v) is 4.02. The van der Waals surface area contributed by atoms with Gasteiger partial charge in [-0.15, -0.1) is 11.3 Å². The van der Waals surface area contributed by atoms with Crippen LogP contribution < -0.4 is 9.64 Å². The van der Waals surface area contributed by atoms with E-state index >= 15 is 0 Å². The van der Waals surface area contributed by atoms with E-state index in [4.69, 9.17) is 4.74 Å². The van der Waals surface area contributed by atoms with Gasteiger partial charge >= 0.3 is 6.18 Å². The van der Waals surface area contributed by atoms with Crippen molar-refractivity contribution >= 4 is 23.1 Å². The largest absolute Gasteiger partial charge is 0.486 e. The minimum Gasteiger partial charge on any atom is -0.486 e. The summed E-state index contributed by atoms with van der Waals surface area (Å²) in [6.45, 7) is 0.00641. The number of ether oxygens (including phenoxy) is 1. The van der Waals surface area contributed by atoms with Gasteiger partial charge in [-0.05, 0) is 30.0 Å². The number of amides is 1. The van der Waals surface area contributed by atoms with Gasteiger partial charge in [0.25, 0.3) is 5.91 Å². The molecule has 3 heterocycles. The number of fused-ring (bicyclic) bond motifs is 1. The smallest absolute Gasteiger partial charge is 0.410 e. The molecule has 1 aliphatic heterocycles. The van der Waals surface area contributed by atoms with E-state index in [0.29, 0.717) is 10.4 Å². The minimum absolute atomic E-state index is 0.0618. The fraction of sp³-hybridized carbons (Fsp3) is 0.263. The van der Waals surface area contributed by atoms with Crippen LogP contribution in [0.2, 0.25) is 0 Å². The van der Waals surface area contributed by atoms with Crippen molar-refractivity contribution in [1.29, 1.82) is 0 Å². The van der Waals surface area contributed by atoms with Crippen LogP contribution in [0, 0.1) is 5.82 Å². The molecule has 4 rings (SSSR count). The first-order valence-corrected chi connectivity index (χ1v) is 9.59. The van der Waals surface area contributed by atoms with Crippen molar-refractivity contribution in [3.63, 3.8) is 0 Å². The van der Waals surface area contributed by atoms with Crippen LogP contribution in [0.5, 0.6) is 5.75 Å². The van der Waals surface area contributed by atoms with Crippen LogP contribution in [0.3, 0.4) is 0 Å². The van der Waals surface area contributed by atoms with Crippen molar-refractivity contribution in [2.24, 2.45) is 0 Å². The van der Waals surface area contributed by atoms with Gasteiger partial charge in [0.2, 0.25) is 0 Å². The number of carbonyl (C=O) groups excluding carboxylic acids is 1. The number of carbonyl (C=O) groups is 1. The van der Waals surface area contributed by atoms with Crippen molar-refractivity contribution in [2.75, 3.05) is 11.4 Å². The number of anilines is 1. The van der Waals surface area contributed by atoms with Crippen molar-refractivity contribution < 1.29 is 27.1 Å². The Balaban J connectivity index is 1.49. The van der Waals surface area contributed by atoms with Crippen LogP contribution in [-0.2, 0) is 6.61 Å². The second kappa shape index (κ2) is 7.51. The molecule has 0 bridgehead atoms. The number of rotatable bonds is 4. The van der Waals surface area contributed by atoms with Gasteiger partial charge in [-0.1, -0.05) is 12.1 Å². The molecule has 0 saturated heterocycles. The Morgan fingerprint density at radius 2 is 2.07 bits per heavy atom. The Kier molecular flexibility index (Phi) is 5.03. The number of benzene rings is 1. The summed E-state index contributed by atoms with van der Waals surface area (Å²) in [4.78, 5) is 14.5. The first-order valence-electron chi connectivity index (χ1n) is 8.71. The second-order valence-electron chi connectivity index (χ2n) is 6.48. The highest BCUT2D eigenvalue weighted by Crippen LogP contribution is 2.39. The van der Waals surface area contributed by atoms with Crippen molar-refractivity contribution in [3.05, 3.63) is 64.2 Å². The van der Waals surface area contributed by atoms with Crippen molar-refractivity contribution in [3.8, 4) is 5.75 Å². The molecule has 3 aromatic rings. The molecule has 152 valence electrons. The highest BCUT2D eigenvalue weighted by Gasteiger charge is 2.45. The maximum Gasteiger partial charge on any atom is 0.410 e. The molecule has 0 spiro atoms. The van der Waals surface area contributed by atoms with E-state index in [1.807, 2.05) is 0 Å². The number of thiophene rings is 1. The summed E-state index contributed by atoms with van der Waals surface area (Å²) in [5.41, 5.74) is 0.667. The highest BCUT2D eigenvalue weighted by molar-refractivity contribution is 7.12. The highest BCUT2D eigenvalue weighted by atomic mass is 32.1. The minimum atomic E-state index is -4.43. The molecule has 1 amide bonds. The molecule has 1 atom stereocenters. The third-order valence-corrected chi connectivity index (χ3v) is 5.53. The number of hydrogen-bond acceptors (Lipinski definition) is 4. The van der Waals surface area contributed by atoms with E-state index < -0.39 is 23.9 Å². The molecule has 2 aromatic heterocycles. The molecule has 0 aliphatic carbocycles. The summed E-state index contributed by atoms with van der Waals surface area (Å²) < 4.78 is 59.5. The van der Waals surface area contributed by atoms with E-state index in [9.17, 15) is 22.4 Å². The second-order valence-corrected chi connectivity index (χ2v) is 7.39. The summed E-state index contributed by atoms with van der Waals surface area (Å²) in [7, 11) is 0. The molecular formula is C19H15F4N3O2S. The molecule has 5 nitrogen and oxygen atoms in total. The Labute approximate surface area is 167 Å². The average Bonchev–Trinajstić information content (AvgIpc) is 3.35. The van der Waals surface area contributed by atoms with Crippen LogP contribution in [0.1, 0.15) is 27.7 Å². The molecule has 1 aliphatic rings. The predicted octanol–water partition coefficient (Wildman–Crippen LogP) is 4.82. The molecule has 0 N–H and O–H groups in total. The number of aromatic nitrogens is 2. The molecule has 0 radical (unpaired) electrons. The van der Waals surface area contributed by atoms with Crippen LogP contribution >= 0.6 is 11.3 Å². The summed E-state index contributed by atoms with van der Waals surface area (Å²) in [5.74, 6) is -0.680. The lowest BCUT2D eigenvalue weighted by molar-refractivity contribution is -0.172. The molecule has 29 heavy (non-hydrogen) atoms. The van der Waals surface area contributed by atoms with E-state index in [1.54, 1.807) is 23.6 Å². The zero-order valence-corrected chi connectivity index (χ0v) is 15.7. The predicted molar refractivity (Wildman–Crippen MR) is 98.7 cm³/mol. The van der Waals surface area contributed by atoms with Gasteiger partial charge in [0.1, 0.15) is 12.4 Å². The van der Waals surface area contributed by atoms with Crippen LogP contribution in [0.25, 0.3) is 0 Å². The Morgan fingerprint density at radius 1 is 1.28 bits per heavy atom. The molecule has 0 saturated carbocycles. The molecule has 1 aromatic carbocycles. The van der Waals surface area contributed by atoms with Gasteiger partial charge in [-0.2, -0.15) is 18.3 Å². The van der Waals surface area contributed by atoms with Gasteiger partial charge in [0.15, 0.2) is 17.6 Å². The Bertz CT molecular complexity index is 1030. The Morgan fingerprint density at radius 3 is 2.83 bits per heavy atom. The SMILES string of the molecule is O=C(c1cc(COc2ccccc2F)cs1)N1CCC(C(F)(F)F)n2nccc21. The van der Waals surface area contributed by atoms with E-state index in [2.05, 4.69) is 5.10 Å². The zero-order chi connectivity index (χ0) is 20.6. The molecule has 0 fully saturated rings. The van der Waals surface area contributed by atoms with Crippen molar-refractivity contribution in [1.82, 2.24) is 9.78 Å². The average molecular weight is 425 g/mol. The molecule has 1 unspecified atom stereocenters. The first-order chi connectivity index (χ1) is 13.8. The van der Waals surface area contributed by atoms with Crippen LogP contribution in [0.15, 0.2) is 48.0 Å². The Hall–Kier alpha value is -2.88. The van der Waals surface area contributed by atoms with Gasteiger partial charge in [0.05, 0.1) is 11.1 Å². The van der Waals surface area contributed by atoms with Crippen LogP contribution in [0.4, 0.5) is 23.4 Å². The summed E-state index contributed by atoms with van der Waals surface area (Å²) in [6.07, 6.45) is -3.45. The lowest BCUT2D eigenvalue weighted by Gasteiger charge is -2.33. The zero-order valence-electron chi connectivity index (χ0n) is 14.9. The number of para-hydroxylation sites is 1. The molecular weight excluding hydrogens is 410 g/mol. The number of halogens is 4. The summed E-state index contributed by atoms with van der Waals surface area (Å²) >= 11 is 1.16. The lowest BCUT2D eigenvalue weighted by Crippen LogP contribution is -2.42. The quantitative estimate of drug-likeness (QED) is 0.564. The fourth-order valence-electron chi connectivity index (χ4n) is 3.18. The summed E-state index contributed by atoms with van der Waals surface area (Å²) in [5, 5.41) is 5.46. The summed E-state index contributed by atoms with van der Waals surface area (Å²) in [6, 6.07) is 7.23. The third kappa shape index (κ3) is 3.84. The van der Waals surface area contributed by atoms with Gasteiger partial charge < -0.3 is 4.74 Å². The number of hydrogen-bond donors (Lipinski definition) is 0. The normalized spacial score (nSPS) is 16.6. The maximum absolute atomic E-state index is 13.6. The monoisotopic (exact) mass is 425 g/mol. The van der Waals surface area contributed by atoms with E-state index in [0.717, 1.165) is 16.0 Å². The van der Waals surface area contributed by atoms with Crippen LogP contribution in [-0.4, -0.2) is 28.4 Å². The molecule has 10 heteroatoms. The van der Waals surface area contributed by atoms with Crippen molar-refractivity contribution in [2.45, 2.75) is 25.2 Å². The van der Waals surface area contributed by atoms with Gasteiger partial charge in [0, 0.05) is 18.2 Å². The lowest BCUT2D eigenvalue weighted by atomic mass is 10.1. The van der Waals surface area contributed by atoms with E-state index in [1.165, 1.54) is 29.3 Å². The topological polar surface area (TPSA) is 47.4 Å². The standard InChI is InChI=1S/C19H15F4N3O2S/c20-13-3-1-2-4-14(13)28-10-12-9-15(29-11-12)18(27)25-8-6-16(19(21,22)23)26-17(25)5-7-24-26/h1-5,7,9,11,16H,6,8,10H2. The maximum atomic E-state index is 13.6. The van der Waals surface area contributed by atoms with E-state index in [-0.39, 0.29) is 31.1 Å². The van der Waals surface area contributed by atoms with Gasteiger partial charge in [-0.25, -0.2) is 9.07 Å². The number of alkyl halides is 3. The van der Waals surface area contributed by atoms with Gasteiger partial charge in [-0.3, -0.25) is 9.69 Å². The first kappa shape index (κ1) is 19.4.